The second-order valence-corrected chi connectivity index (χ2v) is 6.75. The molecule has 0 saturated carbocycles. The number of pyridine rings is 1. The van der Waals surface area contributed by atoms with Crippen molar-refractivity contribution < 1.29 is 9.18 Å². The highest BCUT2D eigenvalue weighted by Gasteiger charge is 2.24. The Morgan fingerprint density at radius 2 is 1.83 bits per heavy atom. The number of nitrogens with one attached hydrogen (secondary N) is 1. The molecule has 7 nitrogen and oxygen atoms in total. The van der Waals surface area contributed by atoms with Gasteiger partial charge in [0, 0.05) is 45.1 Å². The second kappa shape index (κ2) is 8.64. The Hall–Kier alpha value is -3.55. The minimum absolute atomic E-state index is 0.163. The van der Waals surface area contributed by atoms with E-state index < -0.39 is 0 Å². The van der Waals surface area contributed by atoms with Gasteiger partial charge in [0.2, 0.25) is 0 Å². The number of carbonyl (C=O) groups is 1. The van der Waals surface area contributed by atoms with Crippen LogP contribution in [0.4, 0.5) is 15.9 Å². The lowest BCUT2D eigenvalue weighted by molar-refractivity contribution is 0.0739. The number of piperazine rings is 1. The molecule has 1 aromatic carbocycles. The van der Waals surface area contributed by atoms with Gasteiger partial charge in [-0.05, 0) is 35.9 Å². The maximum absolute atomic E-state index is 14.0. The van der Waals surface area contributed by atoms with Crippen LogP contribution in [-0.2, 0) is 6.54 Å². The van der Waals surface area contributed by atoms with Crippen LogP contribution < -0.4 is 10.2 Å². The molecule has 0 radical (unpaired) electrons. The van der Waals surface area contributed by atoms with Gasteiger partial charge in [0.25, 0.3) is 5.91 Å². The van der Waals surface area contributed by atoms with Gasteiger partial charge in [0.15, 0.2) is 5.69 Å². The van der Waals surface area contributed by atoms with Crippen LogP contribution in [0.2, 0.25) is 0 Å². The normalized spacial score (nSPS) is 14.0. The van der Waals surface area contributed by atoms with Crippen LogP contribution in [0.25, 0.3) is 0 Å². The molecule has 0 bridgehead atoms. The van der Waals surface area contributed by atoms with E-state index in [2.05, 4.69) is 20.5 Å². The predicted molar refractivity (Wildman–Crippen MR) is 108 cm³/mol. The molecule has 1 aliphatic heterocycles. The topological polar surface area (TPSA) is 74.2 Å². The summed E-state index contributed by atoms with van der Waals surface area (Å²) in [5.74, 6) is 0.187. The van der Waals surface area contributed by atoms with Crippen LogP contribution in [0.5, 0.6) is 0 Å². The van der Waals surface area contributed by atoms with E-state index in [1.54, 1.807) is 41.6 Å². The van der Waals surface area contributed by atoms with Crippen molar-refractivity contribution in [2.75, 3.05) is 36.4 Å². The zero-order chi connectivity index (χ0) is 20.1. The molecular formula is C21H21FN6O. The van der Waals surface area contributed by atoms with Crippen molar-refractivity contribution in [3.63, 3.8) is 0 Å². The van der Waals surface area contributed by atoms with E-state index in [1.165, 1.54) is 6.07 Å². The number of anilines is 2. The van der Waals surface area contributed by atoms with Gasteiger partial charge in [-0.2, -0.15) is 0 Å². The largest absolute Gasteiger partial charge is 0.366 e. The average Bonchev–Trinajstić information content (AvgIpc) is 2.79. The van der Waals surface area contributed by atoms with Crippen molar-refractivity contribution in [1.82, 2.24) is 20.1 Å². The molecule has 0 atom stereocenters. The number of nitrogens with zero attached hydrogens (tertiary/aromatic N) is 5. The molecule has 0 unspecified atom stereocenters. The van der Waals surface area contributed by atoms with E-state index in [-0.39, 0.29) is 11.7 Å². The highest BCUT2D eigenvalue weighted by molar-refractivity contribution is 5.92. The molecule has 3 heterocycles. The first-order valence-electron chi connectivity index (χ1n) is 9.46. The maximum Gasteiger partial charge on any atom is 0.274 e. The fourth-order valence-corrected chi connectivity index (χ4v) is 3.26. The van der Waals surface area contributed by atoms with Crippen molar-refractivity contribution in [2.24, 2.45) is 0 Å². The van der Waals surface area contributed by atoms with E-state index in [9.17, 15) is 9.18 Å². The molecule has 148 valence electrons. The molecule has 1 amide bonds. The Morgan fingerprint density at radius 3 is 2.52 bits per heavy atom. The zero-order valence-electron chi connectivity index (χ0n) is 15.8. The lowest BCUT2D eigenvalue weighted by atomic mass is 10.2. The standard InChI is InChI=1S/C21H21FN6O/c22-17-5-1-2-6-19(17)27-10-12-28(13-11-27)21(29)18-7-8-20(26-25-18)24-15-16-4-3-9-23-14-16/h1-9,14H,10-13,15H2,(H,24,26). The Balaban J connectivity index is 1.32. The SMILES string of the molecule is O=C(c1ccc(NCc2cccnc2)nn1)N1CCN(c2ccccc2F)CC1. The number of halogens is 1. The van der Waals surface area contributed by atoms with E-state index in [0.717, 1.165) is 5.56 Å². The number of benzene rings is 1. The van der Waals surface area contributed by atoms with Gasteiger partial charge in [0.05, 0.1) is 5.69 Å². The lowest BCUT2D eigenvalue weighted by Crippen LogP contribution is -2.49. The number of aromatic nitrogens is 3. The first-order chi connectivity index (χ1) is 14.2. The van der Waals surface area contributed by atoms with Gasteiger partial charge in [-0.15, -0.1) is 10.2 Å². The van der Waals surface area contributed by atoms with Crippen molar-refractivity contribution >= 4 is 17.4 Å². The Kier molecular flexibility index (Phi) is 5.60. The van der Waals surface area contributed by atoms with Crippen LogP contribution in [0.3, 0.4) is 0 Å². The van der Waals surface area contributed by atoms with Gasteiger partial charge in [-0.3, -0.25) is 9.78 Å². The Morgan fingerprint density at radius 1 is 1.00 bits per heavy atom. The van der Waals surface area contributed by atoms with Crippen LogP contribution >= 0.6 is 0 Å². The Labute approximate surface area is 168 Å². The maximum atomic E-state index is 14.0. The minimum atomic E-state index is -0.243. The summed E-state index contributed by atoms with van der Waals surface area (Å²) in [5, 5.41) is 11.3. The predicted octanol–water partition coefficient (Wildman–Crippen LogP) is 2.59. The van der Waals surface area contributed by atoms with E-state index >= 15 is 0 Å². The fraction of sp³-hybridized carbons (Fsp3) is 0.238. The minimum Gasteiger partial charge on any atom is -0.366 e. The third-order valence-corrected chi connectivity index (χ3v) is 4.84. The summed E-state index contributed by atoms with van der Waals surface area (Å²) in [5.41, 5.74) is 1.90. The van der Waals surface area contributed by atoms with Crippen molar-refractivity contribution in [3.05, 3.63) is 78.0 Å². The molecule has 0 aliphatic carbocycles. The third kappa shape index (κ3) is 4.48. The lowest BCUT2D eigenvalue weighted by Gasteiger charge is -2.36. The quantitative estimate of drug-likeness (QED) is 0.720. The molecule has 2 aromatic heterocycles. The fourth-order valence-electron chi connectivity index (χ4n) is 3.26. The number of rotatable bonds is 5. The number of amides is 1. The van der Waals surface area contributed by atoms with Crippen LogP contribution in [-0.4, -0.2) is 52.2 Å². The highest BCUT2D eigenvalue weighted by Crippen LogP contribution is 2.20. The van der Waals surface area contributed by atoms with Crippen molar-refractivity contribution in [1.29, 1.82) is 0 Å². The summed E-state index contributed by atoms with van der Waals surface area (Å²) in [6.45, 7) is 2.75. The molecular weight excluding hydrogens is 371 g/mol. The molecule has 3 aromatic rings. The summed E-state index contributed by atoms with van der Waals surface area (Å²) in [6.07, 6.45) is 3.50. The number of hydrogen-bond acceptors (Lipinski definition) is 6. The van der Waals surface area contributed by atoms with Crippen LogP contribution in [0, 0.1) is 5.82 Å². The first kappa shape index (κ1) is 18.8. The van der Waals surface area contributed by atoms with Gasteiger partial charge in [-0.25, -0.2) is 4.39 Å². The molecule has 4 rings (SSSR count). The number of carbonyl (C=O) groups excluding carboxylic acids is 1. The van der Waals surface area contributed by atoms with Crippen molar-refractivity contribution in [3.8, 4) is 0 Å². The highest BCUT2D eigenvalue weighted by atomic mass is 19.1. The number of para-hydroxylation sites is 1. The molecule has 0 spiro atoms. The molecule has 29 heavy (non-hydrogen) atoms. The summed E-state index contributed by atoms with van der Waals surface area (Å²) < 4.78 is 14.0. The van der Waals surface area contributed by atoms with Crippen LogP contribution in [0.15, 0.2) is 60.9 Å². The average molecular weight is 392 g/mol. The molecule has 8 heteroatoms. The molecule has 1 N–H and O–H groups in total. The molecule has 1 fully saturated rings. The van der Waals surface area contributed by atoms with Crippen molar-refractivity contribution in [2.45, 2.75) is 6.54 Å². The van der Waals surface area contributed by atoms with Gasteiger partial charge in [-0.1, -0.05) is 18.2 Å². The third-order valence-electron chi connectivity index (χ3n) is 4.84. The van der Waals surface area contributed by atoms with Crippen LogP contribution in [0.1, 0.15) is 16.1 Å². The summed E-state index contributed by atoms with van der Waals surface area (Å²) in [7, 11) is 0. The monoisotopic (exact) mass is 392 g/mol. The van der Waals surface area contributed by atoms with Gasteiger partial charge in [0.1, 0.15) is 11.6 Å². The molecule has 1 aliphatic rings. The smallest absolute Gasteiger partial charge is 0.274 e. The zero-order valence-corrected chi connectivity index (χ0v) is 15.8. The van der Waals surface area contributed by atoms with E-state index in [0.29, 0.717) is 49.9 Å². The summed E-state index contributed by atoms with van der Waals surface area (Å²) in [4.78, 5) is 20.4. The molecule has 1 saturated heterocycles. The second-order valence-electron chi connectivity index (χ2n) is 6.75. The number of hydrogen-bond donors (Lipinski definition) is 1. The van der Waals surface area contributed by atoms with E-state index in [4.69, 9.17) is 0 Å². The summed E-state index contributed by atoms with van der Waals surface area (Å²) >= 11 is 0. The van der Waals surface area contributed by atoms with Gasteiger partial charge < -0.3 is 15.1 Å². The summed E-state index contributed by atoms with van der Waals surface area (Å²) in [6, 6.07) is 13.9. The van der Waals surface area contributed by atoms with E-state index in [1.807, 2.05) is 23.1 Å². The Bertz CT molecular complexity index is 958. The van der Waals surface area contributed by atoms with Gasteiger partial charge >= 0.3 is 0 Å². The first-order valence-corrected chi connectivity index (χ1v) is 9.46.